The van der Waals surface area contributed by atoms with E-state index in [4.69, 9.17) is 5.73 Å². The molecular weight excluding hydrogens is 244 g/mol. The van der Waals surface area contributed by atoms with Crippen molar-refractivity contribution in [3.63, 3.8) is 0 Å². The van der Waals surface area contributed by atoms with Crippen LogP contribution in [-0.2, 0) is 0 Å². The van der Waals surface area contributed by atoms with E-state index in [0.29, 0.717) is 11.7 Å². The molecule has 6 heteroatoms. The lowest BCUT2D eigenvalue weighted by molar-refractivity contribution is -0.384. The summed E-state index contributed by atoms with van der Waals surface area (Å²) in [5, 5.41) is 10.7. The van der Waals surface area contributed by atoms with E-state index in [1.807, 2.05) is 6.92 Å². The van der Waals surface area contributed by atoms with Gasteiger partial charge in [-0.05, 0) is 18.9 Å². The third-order valence-electron chi connectivity index (χ3n) is 3.42. The maximum atomic E-state index is 10.7. The molecule has 0 aliphatic carbocycles. The first-order valence-corrected chi connectivity index (χ1v) is 6.69. The predicted molar refractivity (Wildman–Crippen MR) is 77.3 cm³/mol. The lowest BCUT2D eigenvalue weighted by Crippen LogP contribution is -2.29. The zero-order valence-electron chi connectivity index (χ0n) is 11.8. The van der Waals surface area contributed by atoms with Crippen molar-refractivity contribution in [1.82, 2.24) is 4.98 Å². The summed E-state index contributed by atoms with van der Waals surface area (Å²) < 4.78 is 0. The Morgan fingerprint density at radius 1 is 1.37 bits per heavy atom. The molecule has 1 aromatic heterocycles. The van der Waals surface area contributed by atoms with E-state index in [1.54, 1.807) is 6.07 Å². The van der Waals surface area contributed by atoms with Crippen molar-refractivity contribution in [3.8, 4) is 0 Å². The van der Waals surface area contributed by atoms with Crippen molar-refractivity contribution in [3.05, 3.63) is 22.2 Å². The highest BCUT2D eigenvalue weighted by Crippen LogP contribution is 2.24. The van der Waals surface area contributed by atoms with Crippen molar-refractivity contribution in [2.75, 3.05) is 23.7 Å². The van der Waals surface area contributed by atoms with Gasteiger partial charge in [0.1, 0.15) is 5.82 Å². The Bertz CT molecular complexity index is 433. The van der Waals surface area contributed by atoms with Crippen LogP contribution in [0.2, 0.25) is 0 Å². The van der Waals surface area contributed by atoms with Gasteiger partial charge in [-0.1, -0.05) is 26.7 Å². The first-order valence-electron chi connectivity index (χ1n) is 6.69. The van der Waals surface area contributed by atoms with Crippen LogP contribution in [0.25, 0.3) is 0 Å². The van der Waals surface area contributed by atoms with E-state index in [1.165, 1.54) is 6.07 Å². The van der Waals surface area contributed by atoms with Crippen LogP contribution in [0.1, 0.15) is 33.6 Å². The van der Waals surface area contributed by atoms with Gasteiger partial charge in [-0.25, -0.2) is 4.98 Å². The second-order valence-electron chi connectivity index (χ2n) is 4.55. The molecule has 0 aliphatic rings. The van der Waals surface area contributed by atoms with Gasteiger partial charge < -0.3 is 10.6 Å². The van der Waals surface area contributed by atoms with Gasteiger partial charge in [-0.3, -0.25) is 10.1 Å². The maximum Gasteiger partial charge on any atom is 0.311 e. The van der Waals surface area contributed by atoms with Crippen LogP contribution in [0.4, 0.5) is 17.3 Å². The summed E-state index contributed by atoms with van der Waals surface area (Å²) >= 11 is 0. The molecule has 19 heavy (non-hydrogen) atoms. The number of nitro groups is 1. The highest BCUT2D eigenvalue weighted by Gasteiger charge is 2.17. The van der Waals surface area contributed by atoms with E-state index >= 15 is 0 Å². The van der Waals surface area contributed by atoms with Crippen molar-refractivity contribution in [2.45, 2.75) is 33.6 Å². The largest absolute Gasteiger partial charge is 0.378 e. The van der Waals surface area contributed by atoms with Crippen LogP contribution in [0.3, 0.4) is 0 Å². The number of nitrogen functional groups attached to an aromatic ring is 1. The Hall–Kier alpha value is -1.85. The van der Waals surface area contributed by atoms with Gasteiger partial charge in [0.05, 0.1) is 4.92 Å². The summed E-state index contributed by atoms with van der Waals surface area (Å²) in [5.74, 6) is 1.28. The van der Waals surface area contributed by atoms with Gasteiger partial charge in [0, 0.05) is 19.2 Å². The quantitative estimate of drug-likeness (QED) is 0.606. The fourth-order valence-corrected chi connectivity index (χ4v) is 2.03. The fraction of sp³-hybridized carbons (Fsp3) is 0.615. The lowest BCUT2D eigenvalue weighted by atomic mass is 10.0. The van der Waals surface area contributed by atoms with E-state index in [2.05, 4.69) is 23.7 Å². The molecule has 0 saturated carbocycles. The molecule has 0 aliphatic heterocycles. The van der Waals surface area contributed by atoms with E-state index in [-0.39, 0.29) is 11.5 Å². The molecule has 1 aromatic rings. The third-order valence-corrected chi connectivity index (χ3v) is 3.42. The molecule has 1 heterocycles. The summed E-state index contributed by atoms with van der Waals surface area (Å²) in [6, 6.07) is 3.09. The van der Waals surface area contributed by atoms with Crippen LogP contribution >= 0.6 is 0 Å². The average molecular weight is 266 g/mol. The molecule has 0 saturated heterocycles. The standard InChI is InChI=1S/C13H22N4O2/c1-4-10(5-2)9-16(6-3)12-8-7-11(17(18)19)13(14)15-12/h7-8,10H,4-6,9H2,1-3H3,(H2,14,15). The van der Waals surface area contributed by atoms with Gasteiger partial charge >= 0.3 is 5.69 Å². The molecule has 1 rings (SSSR count). The van der Waals surface area contributed by atoms with Gasteiger partial charge in [0.25, 0.3) is 0 Å². The molecule has 106 valence electrons. The number of nitrogens with two attached hydrogens (primary N) is 1. The second kappa shape index (κ2) is 6.92. The SMILES string of the molecule is CCC(CC)CN(CC)c1ccc([N+](=O)[O-])c(N)n1. The number of aromatic nitrogens is 1. The summed E-state index contributed by atoms with van der Waals surface area (Å²) in [7, 11) is 0. The molecule has 0 radical (unpaired) electrons. The van der Waals surface area contributed by atoms with E-state index < -0.39 is 4.92 Å². The van der Waals surface area contributed by atoms with Gasteiger partial charge in [-0.2, -0.15) is 0 Å². The Morgan fingerprint density at radius 2 is 2.00 bits per heavy atom. The number of hydrogen-bond acceptors (Lipinski definition) is 5. The Balaban J connectivity index is 2.93. The zero-order valence-corrected chi connectivity index (χ0v) is 11.8. The molecule has 6 nitrogen and oxygen atoms in total. The smallest absolute Gasteiger partial charge is 0.311 e. The molecular formula is C13H22N4O2. The summed E-state index contributed by atoms with van der Waals surface area (Å²) in [6.45, 7) is 8.08. The van der Waals surface area contributed by atoms with Crippen LogP contribution in [0.5, 0.6) is 0 Å². The molecule has 0 amide bonds. The molecule has 0 fully saturated rings. The minimum absolute atomic E-state index is 0.0227. The fourth-order valence-electron chi connectivity index (χ4n) is 2.03. The van der Waals surface area contributed by atoms with Crippen LogP contribution in [-0.4, -0.2) is 23.0 Å². The Labute approximate surface area is 113 Å². The lowest BCUT2D eigenvalue weighted by Gasteiger charge is -2.26. The van der Waals surface area contributed by atoms with E-state index in [9.17, 15) is 10.1 Å². The molecule has 0 spiro atoms. The van der Waals surface area contributed by atoms with Crippen molar-refractivity contribution < 1.29 is 4.92 Å². The topological polar surface area (TPSA) is 85.3 Å². The number of nitrogens with zero attached hydrogens (tertiary/aromatic N) is 3. The summed E-state index contributed by atoms with van der Waals surface area (Å²) in [6.07, 6.45) is 2.21. The number of pyridine rings is 1. The maximum absolute atomic E-state index is 10.7. The second-order valence-corrected chi connectivity index (χ2v) is 4.55. The van der Waals surface area contributed by atoms with Gasteiger partial charge in [-0.15, -0.1) is 0 Å². The Morgan fingerprint density at radius 3 is 2.42 bits per heavy atom. The highest BCUT2D eigenvalue weighted by molar-refractivity contribution is 5.57. The van der Waals surface area contributed by atoms with Crippen LogP contribution in [0, 0.1) is 16.0 Å². The van der Waals surface area contributed by atoms with Crippen LogP contribution in [0.15, 0.2) is 12.1 Å². The first kappa shape index (κ1) is 15.2. The average Bonchev–Trinajstić information content (AvgIpc) is 2.39. The Kier molecular flexibility index (Phi) is 5.54. The van der Waals surface area contributed by atoms with Crippen molar-refractivity contribution in [1.29, 1.82) is 0 Å². The summed E-state index contributed by atoms with van der Waals surface area (Å²) in [5.41, 5.74) is 5.49. The van der Waals surface area contributed by atoms with E-state index in [0.717, 1.165) is 25.9 Å². The van der Waals surface area contributed by atoms with Gasteiger partial charge in [0.15, 0.2) is 0 Å². The third kappa shape index (κ3) is 3.81. The highest BCUT2D eigenvalue weighted by atomic mass is 16.6. The minimum atomic E-state index is -0.511. The number of rotatable bonds is 7. The van der Waals surface area contributed by atoms with Gasteiger partial charge in [0.2, 0.25) is 5.82 Å². The molecule has 2 N–H and O–H groups in total. The summed E-state index contributed by atoms with van der Waals surface area (Å²) in [4.78, 5) is 16.5. The minimum Gasteiger partial charge on any atom is -0.378 e. The predicted octanol–water partition coefficient (Wildman–Crippen LogP) is 2.83. The normalized spacial score (nSPS) is 10.7. The monoisotopic (exact) mass is 266 g/mol. The number of hydrogen-bond donors (Lipinski definition) is 1. The molecule has 0 bridgehead atoms. The van der Waals surface area contributed by atoms with Crippen molar-refractivity contribution >= 4 is 17.3 Å². The molecule has 0 aromatic carbocycles. The number of anilines is 2. The molecule has 0 atom stereocenters. The van der Waals surface area contributed by atoms with Crippen LogP contribution < -0.4 is 10.6 Å². The molecule has 0 unspecified atom stereocenters. The zero-order chi connectivity index (χ0) is 14.4. The first-order chi connectivity index (χ1) is 9.03. The van der Waals surface area contributed by atoms with Crippen molar-refractivity contribution in [2.24, 2.45) is 5.92 Å².